The third-order valence-electron chi connectivity index (χ3n) is 8.99. The monoisotopic (exact) mass is 568 g/mol. The molecule has 1 aliphatic rings. The molecule has 0 aromatic heterocycles. The van der Waals surface area contributed by atoms with Crippen molar-refractivity contribution in [1.29, 1.82) is 0 Å². The molecular weight excluding hydrogens is 508 g/mol. The molecule has 2 heteroatoms. The van der Waals surface area contributed by atoms with Crippen LogP contribution >= 0.6 is 0 Å². The van der Waals surface area contributed by atoms with Crippen molar-refractivity contribution in [3.63, 3.8) is 0 Å². The highest BCUT2D eigenvalue weighted by atomic mass is 15.2. The minimum absolute atomic E-state index is 1.01. The Balaban J connectivity index is 1.82. The molecule has 0 spiro atoms. The van der Waals surface area contributed by atoms with Gasteiger partial charge < -0.3 is 5.53 Å². The summed E-state index contributed by atoms with van der Waals surface area (Å²) in [6.07, 6.45) is 24.8. The molecule has 0 amide bonds. The first-order valence-electron chi connectivity index (χ1n) is 17.8. The predicted octanol–water partition coefficient (Wildman–Crippen LogP) is 13.0. The summed E-state index contributed by atoms with van der Waals surface area (Å²) in [7, 11) is 0. The van der Waals surface area contributed by atoms with Crippen LogP contribution in [0.1, 0.15) is 166 Å². The van der Waals surface area contributed by atoms with Crippen molar-refractivity contribution >= 4 is 11.4 Å². The second kappa shape index (κ2) is 19.7. The minimum atomic E-state index is 1.01. The largest absolute Gasteiger partial charge is 0.493 e. The first-order valence-corrected chi connectivity index (χ1v) is 17.8. The summed E-state index contributed by atoms with van der Waals surface area (Å²) in [5, 5.41) is 0. The van der Waals surface area contributed by atoms with Crippen LogP contribution in [0, 0.1) is 0 Å². The number of aryl methyl sites for hydroxylation is 2. The molecule has 3 rings (SSSR count). The fraction of sp³-hybridized carbons (Fsp3) is 0.600. The second-order valence-electron chi connectivity index (χ2n) is 12.6. The van der Waals surface area contributed by atoms with Crippen molar-refractivity contribution in [2.24, 2.45) is 0 Å². The first-order chi connectivity index (χ1) is 20.6. The number of unbranched alkanes of at least 4 members (excludes halogenated alkanes) is 12. The van der Waals surface area contributed by atoms with Crippen molar-refractivity contribution in [1.82, 2.24) is 0 Å². The molecule has 0 N–H and O–H groups in total. The molecule has 2 nitrogen and oxygen atoms in total. The van der Waals surface area contributed by atoms with E-state index in [-0.39, 0.29) is 0 Å². The summed E-state index contributed by atoms with van der Waals surface area (Å²) in [4.78, 5) is 0. The van der Waals surface area contributed by atoms with Crippen LogP contribution in [0.15, 0.2) is 59.7 Å². The second-order valence-corrected chi connectivity index (χ2v) is 12.6. The zero-order valence-corrected chi connectivity index (χ0v) is 27.7. The first kappa shape index (κ1) is 34.0. The van der Waals surface area contributed by atoms with Gasteiger partial charge in [-0.15, -0.1) is 0 Å². The molecule has 0 aliphatic carbocycles. The molecular formula is C40H60N2. The third kappa shape index (κ3) is 10.4. The van der Waals surface area contributed by atoms with E-state index in [0.717, 1.165) is 73.9 Å². The lowest BCUT2D eigenvalue weighted by Crippen LogP contribution is -2.03. The maximum absolute atomic E-state index is 11.9. The quantitative estimate of drug-likeness (QED) is 0.0997. The van der Waals surface area contributed by atoms with E-state index in [9.17, 15) is 5.53 Å². The lowest BCUT2D eigenvalue weighted by Gasteiger charge is -2.11. The molecule has 0 fully saturated rings. The maximum Gasteiger partial charge on any atom is 0.211 e. The highest BCUT2D eigenvalue weighted by molar-refractivity contribution is 5.82. The summed E-state index contributed by atoms with van der Waals surface area (Å²) in [6, 6.07) is 18.1. The van der Waals surface area contributed by atoms with Gasteiger partial charge in [0.15, 0.2) is 0 Å². The van der Waals surface area contributed by atoms with Crippen LogP contribution in [-0.2, 0) is 12.8 Å². The van der Waals surface area contributed by atoms with Crippen LogP contribution in [-0.4, -0.2) is 4.70 Å². The van der Waals surface area contributed by atoms with Crippen LogP contribution in [0.5, 0.6) is 0 Å². The van der Waals surface area contributed by atoms with E-state index in [4.69, 9.17) is 0 Å². The zero-order valence-electron chi connectivity index (χ0n) is 27.7. The van der Waals surface area contributed by atoms with Crippen LogP contribution < -0.4 is 0 Å². The van der Waals surface area contributed by atoms with Gasteiger partial charge in [0.05, 0.1) is 0 Å². The van der Waals surface area contributed by atoms with E-state index in [1.165, 1.54) is 99.3 Å². The van der Waals surface area contributed by atoms with Gasteiger partial charge in [-0.25, -0.2) is 4.70 Å². The highest BCUT2D eigenvalue weighted by Gasteiger charge is 2.35. The molecule has 0 atom stereocenters. The van der Waals surface area contributed by atoms with E-state index in [0.29, 0.717) is 0 Å². The summed E-state index contributed by atoms with van der Waals surface area (Å²) >= 11 is 0. The van der Waals surface area contributed by atoms with Gasteiger partial charge in [0.1, 0.15) is 0 Å². The van der Waals surface area contributed by atoms with Gasteiger partial charge in [-0.3, -0.25) is 0 Å². The molecule has 0 bridgehead atoms. The molecule has 0 unspecified atom stereocenters. The van der Waals surface area contributed by atoms with Gasteiger partial charge in [0.25, 0.3) is 0 Å². The van der Waals surface area contributed by atoms with Gasteiger partial charge in [0, 0.05) is 22.3 Å². The Morgan fingerprint density at radius 1 is 0.452 bits per heavy atom. The van der Waals surface area contributed by atoms with Crippen LogP contribution in [0.4, 0.5) is 0 Å². The third-order valence-corrected chi connectivity index (χ3v) is 8.99. The smallest absolute Gasteiger partial charge is 0.211 e. The lowest BCUT2D eigenvalue weighted by atomic mass is 9.91. The Morgan fingerprint density at radius 2 is 0.929 bits per heavy atom. The molecule has 1 heterocycles. The van der Waals surface area contributed by atoms with E-state index in [1.54, 1.807) is 4.70 Å². The van der Waals surface area contributed by atoms with Crippen molar-refractivity contribution in [3.8, 4) is 0 Å². The number of rotatable bonds is 22. The van der Waals surface area contributed by atoms with Crippen molar-refractivity contribution in [2.75, 3.05) is 0 Å². The Labute approximate surface area is 259 Å². The molecule has 2 aromatic carbocycles. The van der Waals surface area contributed by atoms with Gasteiger partial charge in [-0.2, -0.15) is 0 Å². The standard InChI is InChI=1S/C40H60N2/c1-5-9-13-15-17-19-22-33-28-30-35(31-29-33)39-37(26-11-7-3)38(27-12-8-4)40(42(39)41)36-25-21-24-34(32-36)23-20-18-16-14-10-6-2/h21,24-25,28-32H,5-20,22-23,26-27H2,1-4H3. The topological polar surface area (TPSA) is 25.3 Å². The summed E-state index contributed by atoms with van der Waals surface area (Å²) in [5.41, 5.74) is 21.8. The van der Waals surface area contributed by atoms with Gasteiger partial charge in [0.2, 0.25) is 11.4 Å². The van der Waals surface area contributed by atoms with E-state index in [1.807, 2.05) is 0 Å². The summed E-state index contributed by atoms with van der Waals surface area (Å²) in [6.45, 7) is 9.10. The van der Waals surface area contributed by atoms with E-state index in [2.05, 4.69) is 76.2 Å². The SMILES string of the molecule is CCCCCCCCc1ccc(C2=C(CCCC)C(CCCC)=C(c3cccc(CCCCCCCC)c3)[N+]2=[N-])cc1. The lowest BCUT2D eigenvalue weighted by molar-refractivity contribution is -0.345. The van der Waals surface area contributed by atoms with Crippen LogP contribution in [0.2, 0.25) is 0 Å². The minimum Gasteiger partial charge on any atom is -0.493 e. The van der Waals surface area contributed by atoms with Crippen LogP contribution in [0.25, 0.3) is 16.9 Å². The Morgan fingerprint density at radius 3 is 1.48 bits per heavy atom. The molecule has 0 radical (unpaired) electrons. The van der Waals surface area contributed by atoms with Crippen molar-refractivity contribution < 1.29 is 4.70 Å². The Bertz CT molecular complexity index is 1130. The molecule has 42 heavy (non-hydrogen) atoms. The zero-order chi connectivity index (χ0) is 30.0. The normalized spacial score (nSPS) is 13.6. The van der Waals surface area contributed by atoms with Gasteiger partial charge in [-0.05, 0) is 86.8 Å². The molecule has 0 saturated heterocycles. The molecule has 2 aromatic rings. The molecule has 230 valence electrons. The van der Waals surface area contributed by atoms with Crippen molar-refractivity contribution in [2.45, 2.75) is 156 Å². The van der Waals surface area contributed by atoms with Gasteiger partial charge in [-0.1, -0.05) is 129 Å². The molecule has 1 aliphatic heterocycles. The Hall–Kier alpha value is -2.48. The Kier molecular flexibility index (Phi) is 15.9. The fourth-order valence-corrected chi connectivity index (χ4v) is 6.41. The highest BCUT2D eigenvalue weighted by Crippen LogP contribution is 2.44. The average molecular weight is 569 g/mol. The van der Waals surface area contributed by atoms with E-state index >= 15 is 0 Å². The van der Waals surface area contributed by atoms with Crippen LogP contribution in [0.3, 0.4) is 0 Å². The number of hydrogen-bond acceptors (Lipinski definition) is 0. The summed E-state index contributed by atoms with van der Waals surface area (Å²) in [5.74, 6) is 0. The number of hydrogen-bond donors (Lipinski definition) is 0. The summed E-state index contributed by atoms with van der Waals surface area (Å²) < 4.78 is 1.56. The fourth-order valence-electron chi connectivity index (χ4n) is 6.41. The maximum atomic E-state index is 11.9. The molecule has 0 saturated carbocycles. The van der Waals surface area contributed by atoms with Gasteiger partial charge >= 0.3 is 0 Å². The number of nitrogens with zero attached hydrogens (tertiary/aromatic N) is 2. The number of benzene rings is 2. The van der Waals surface area contributed by atoms with Crippen molar-refractivity contribution in [3.05, 3.63) is 87.5 Å². The average Bonchev–Trinajstić information content (AvgIpc) is 3.29. The van der Waals surface area contributed by atoms with E-state index < -0.39 is 0 Å². The predicted molar refractivity (Wildman–Crippen MR) is 184 cm³/mol. The number of allylic oxidation sites excluding steroid dienone is 2.